The number of allylic oxidation sites excluding steroid dienone is 1. The molecule has 0 saturated carbocycles. The Morgan fingerprint density at radius 2 is 1.65 bits per heavy atom. The highest BCUT2D eigenvalue weighted by Crippen LogP contribution is 2.59. The number of hydrogen-bond donors (Lipinski definition) is 1. The second kappa shape index (κ2) is 9.31. The second-order valence-electron chi connectivity index (χ2n) is 11.3. The lowest BCUT2D eigenvalue weighted by Crippen LogP contribution is -2.51. The van der Waals surface area contributed by atoms with Gasteiger partial charge in [0.1, 0.15) is 11.5 Å². The number of carbonyl (C=O) groups is 3. The molecule has 43 heavy (non-hydrogen) atoms. The van der Waals surface area contributed by atoms with Gasteiger partial charge in [-0.05, 0) is 60.5 Å². The van der Waals surface area contributed by atoms with Crippen molar-refractivity contribution in [2.45, 2.75) is 24.4 Å². The van der Waals surface area contributed by atoms with Crippen LogP contribution in [-0.4, -0.2) is 36.4 Å². The van der Waals surface area contributed by atoms with Crippen LogP contribution in [0.15, 0.2) is 97.1 Å². The maximum Gasteiger partial charge on any atom is 0.238 e. The average molecular weight is 589 g/mol. The minimum atomic E-state index is -1.42. The van der Waals surface area contributed by atoms with Crippen molar-refractivity contribution in [1.82, 2.24) is 0 Å². The summed E-state index contributed by atoms with van der Waals surface area (Å²) < 4.78 is 11.1. The molecule has 1 fully saturated rings. The highest BCUT2D eigenvalue weighted by Gasteiger charge is 2.70. The molecule has 1 spiro atoms. The Balaban J connectivity index is 1.44. The number of rotatable bonds is 4. The molecule has 4 aliphatic rings. The SMILES string of the molecule is CC1=C[C@@H]2N(c3ccccc31)[C@@H](C(=O)c1ccccc1Cl)[C@@H](C(=O)c1ccc3c(c1)OCO3)[C@@]21C(=O)Nc2ccccc21. The quantitative estimate of drug-likeness (QED) is 0.281. The molecular formula is C35H25ClN2O5. The first-order valence-corrected chi connectivity index (χ1v) is 14.5. The van der Waals surface area contributed by atoms with Crippen molar-refractivity contribution in [2.24, 2.45) is 5.92 Å². The highest BCUT2D eigenvalue weighted by atomic mass is 35.5. The number of benzene rings is 4. The third-order valence-electron chi connectivity index (χ3n) is 9.23. The maximum atomic E-state index is 15.0. The standard InChI is InChI=1S/C35H25ClN2O5/c1-19-16-29-35(23-10-4-6-12-25(23)37-34(35)41)30(32(39)20-14-15-27-28(17-20)43-18-42-27)31(33(40)22-9-2-5-11-24(22)36)38(29)26-13-7-3-8-21(19)26/h2-17,29-31H,18H2,1H3,(H,37,41)/t29-,30-,31+,35-/m0/s1. The van der Waals surface area contributed by atoms with Crippen LogP contribution in [0.3, 0.4) is 0 Å². The summed E-state index contributed by atoms with van der Waals surface area (Å²) in [5.74, 6) is -1.11. The van der Waals surface area contributed by atoms with Crippen molar-refractivity contribution in [2.75, 3.05) is 17.0 Å². The number of para-hydroxylation sites is 2. The summed E-state index contributed by atoms with van der Waals surface area (Å²) in [5, 5.41) is 3.35. The van der Waals surface area contributed by atoms with E-state index in [4.69, 9.17) is 21.1 Å². The minimum absolute atomic E-state index is 0.0560. The Morgan fingerprint density at radius 1 is 0.907 bits per heavy atom. The molecule has 1 amide bonds. The molecule has 4 aromatic rings. The van der Waals surface area contributed by atoms with Gasteiger partial charge in [0.15, 0.2) is 23.1 Å². The van der Waals surface area contributed by atoms with Gasteiger partial charge in [-0.2, -0.15) is 0 Å². The topological polar surface area (TPSA) is 84.9 Å². The smallest absolute Gasteiger partial charge is 0.238 e. The molecule has 0 bridgehead atoms. The average Bonchev–Trinajstić information content (AvgIpc) is 3.70. The molecule has 0 radical (unpaired) electrons. The lowest BCUT2D eigenvalue weighted by molar-refractivity contribution is -0.121. The predicted octanol–water partition coefficient (Wildman–Crippen LogP) is 6.31. The van der Waals surface area contributed by atoms with Gasteiger partial charge in [0.2, 0.25) is 12.7 Å². The van der Waals surface area contributed by atoms with E-state index in [0.29, 0.717) is 33.9 Å². The molecule has 4 aliphatic heterocycles. The van der Waals surface area contributed by atoms with Crippen molar-refractivity contribution in [3.8, 4) is 11.5 Å². The van der Waals surface area contributed by atoms with E-state index in [1.165, 1.54) is 0 Å². The van der Waals surface area contributed by atoms with Crippen LogP contribution >= 0.6 is 11.6 Å². The summed E-state index contributed by atoms with van der Waals surface area (Å²) in [7, 11) is 0. The zero-order valence-corrected chi connectivity index (χ0v) is 23.8. The van der Waals surface area contributed by atoms with Crippen molar-refractivity contribution < 1.29 is 23.9 Å². The van der Waals surface area contributed by atoms with E-state index in [9.17, 15) is 9.59 Å². The predicted molar refractivity (Wildman–Crippen MR) is 163 cm³/mol. The van der Waals surface area contributed by atoms with Crippen LogP contribution in [0.2, 0.25) is 5.02 Å². The molecule has 0 unspecified atom stereocenters. The molecule has 7 nitrogen and oxygen atoms in total. The van der Waals surface area contributed by atoms with Crippen LogP contribution in [-0.2, 0) is 10.2 Å². The van der Waals surface area contributed by atoms with Gasteiger partial charge < -0.3 is 19.7 Å². The number of hydrogen-bond acceptors (Lipinski definition) is 6. The summed E-state index contributed by atoms with van der Waals surface area (Å²) in [6.07, 6.45) is 2.03. The molecule has 4 atom stereocenters. The Labute approximate surface area is 252 Å². The zero-order valence-electron chi connectivity index (χ0n) is 23.0. The highest BCUT2D eigenvalue weighted by molar-refractivity contribution is 6.34. The number of amides is 1. The molecule has 4 aromatic carbocycles. The molecule has 8 heteroatoms. The van der Waals surface area contributed by atoms with Crippen LogP contribution < -0.4 is 19.7 Å². The minimum Gasteiger partial charge on any atom is -0.454 e. The third-order valence-corrected chi connectivity index (χ3v) is 9.56. The van der Waals surface area contributed by atoms with Gasteiger partial charge in [-0.3, -0.25) is 14.4 Å². The van der Waals surface area contributed by atoms with Gasteiger partial charge in [-0.25, -0.2) is 0 Å². The zero-order chi connectivity index (χ0) is 29.5. The Kier molecular flexibility index (Phi) is 5.59. The van der Waals surface area contributed by atoms with Gasteiger partial charge in [-0.15, -0.1) is 0 Å². The van der Waals surface area contributed by atoms with E-state index >= 15 is 4.79 Å². The lowest BCUT2D eigenvalue weighted by Gasteiger charge is -2.39. The summed E-state index contributed by atoms with van der Waals surface area (Å²) in [6, 6.07) is 25.4. The number of ether oxygens (including phenoxy) is 2. The van der Waals surface area contributed by atoms with Crippen LogP contribution in [0, 0.1) is 5.92 Å². The van der Waals surface area contributed by atoms with Crippen molar-refractivity contribution in [3.05, 3.63) is 124 Å². The number of carbonyl (C=O) groups excluding carboxylic acids is 3. The number of fused-ring (bicyclic) bond motifs is 7. The summed E-state index contributed by atoms with van der Waals surface area (Å²) >= 11 is 6.62. The van der Waals surface area contributed by atoms with Gasteiger partial charge in [0, 0.05) is 28.1 Å². The fourth-order valence-corrected chi connectivity index (χ4v) is 7.67. The first-order valence-electron chi connectivity index (χ1n) is 14.1. The Bertz CT molecular complexity index is 1920. The number of Topliss-reactive ketones (excluding diaryl/α,β-unsaturated/α-hetero) is 2. The molecule has 212 valence electrons. The van der Waals surface area contributed by atoms with Crippen LogP contribution in [0.1, 0.15) is 38.8 Å². The number of anilines is 2. The van der Waals surface area contributed by atoms with Crippen molar-refractivity contribution in [3.63, 3.8) is 0 Å². The van der Waals surface area contributed by atoms with Crippen molar-refractivity contribution >= 4 is 46.0 Å². The molecular weight excluding hydrogens is 564 g/mol. The van der Waals surface area contributed by atoms with E-state index in [-0.39, 0.29) is 29.3 Å². The van der Waals surface area contributed by atoms with Gasteiger partial charge >= 0.3 is 0 Å². The first-order chi connectivity index (χ1) is 20.9. The number of nitrogens with one attached hydrogen (secondary N) is 1. The van der Waals surface area contributed by atoms with E-state index in [0.717, 1.165) is 16.8 Å². The van der Waals surface area contributed by atoms with Crippen LogP contribution in [0.25, 0.3) is 5.57 Å². The molecule has 1 N–H and O–H groups in total. The normalized spacial score (nSPS) is 24.2. The maximum absolute atomic E-state index is 15.0. The number of halogens is 1. The van der Waals surface area contributed by atoms with Gasteiger partial charge in [0.25, 0.3) is 0 Å². The second-order valence-corrected chi connectivity index (χ2v) is 11.7. The number of ketones is 2. The molecule has 0 aliphatic carbocycles. The molecule has 0 aromatic heterocycles. The molecule has 8 rings (SSSR count). The first kappa shape index (κ1) is 25.8. The van der Waals surface area contributed by atoms with Crippen LogP contribution in [0.4, 0.5) is 11.4 Å². The largest absolute Gasteiger partial charge is 0.454 e. The Morgan fingerprint density at radius 3 is 2.51 bits per heavy atom. The Hall–Kier alpha value is -4.88. The van der Waals surface area contributed by atoms with Gasteiger partial charge in [0.05, 0.1) is 17.0 Å². The van der Waals surface area contributed by atoms with Crippen molar-refractivity contribution in [1.29, 1.82) is 0 Å². The fraction of sp³-hybridized carbons (Fsp3) is 0.171. The molecule has 1 saturated heterocycles. The third kappa shape index (κ3) is 3.45. The van der Waals surface area contributed by atoms with Crippen LogP contribution in [0.5, 0.6) is 11.5 Å². The number of nitrogens with zero attached hydrogens (tertiary/aromatic N) is 1. The lowest BCUT2D eigenvalue weighted by atomic mass is 9.64. The monoisotopic (exact) mass is 588 g/mol. The van der Waals surface area contributed by atoms with E-state index in [1.807, 2.05) is 66.4 Å². The van der Waals surface area contributed by atoms with Gasteiger partial charge in [-0.1, -0.05) is 66.2 Å². The van der Waals surface area contributed by atoms with E-state index in [1.54, 1.807) is 42.5 Å². The summed E-state index contributed by atoms with van der Waals surface area (Å²) in [5.41, 5.74) is 3.22. The van der Waals surface area contributed by atoms with E-state index in [2.05, 4.69) is 5.32 Å². The summed E-state index contributed by atoms with van der Waals surface area (Å²) in [4.78, 5) is 46.4. The van der Waals surface area contributed by atoms with E-state index < -0.39 is 23.4 Å². The summed E-state index contributed by atoms with van der Waals surface area (Å²) in [6.45, 7) is 2.06. The fourth-order valence-electron chi connectivity index (χ4n) is 7.44. The molecule has 4 heterocycles.